The highest BCUT2D eigenvalue weighted by Gasteiger charge is 2.17. The van der Waals surface area contributed by atoms with E-state index in [1.165, 1.54) is 27.5 Å². The highest BCUT2D eigenvalue weighted by atomic mass is 32.1. The van der Waals surface area contributed by atoms with Crippen LogP contribution in [0.15, 0.2) is 54.2 Å². The molecule has 3 aromatic heterocycles. The van der Waals surface area contributed by atoms with Crippen molar-refractivity contribution >= 4 is 22.3 Å². The van der Waals surface area contributed by atoms with Gasteiger partial charge in [0.15, 0.2) is 5.82 Å². The van der Waals surface area contributed by atoms with Crippen molar-refractivity contribution in [2.45, 2.75) is 33.2 Å². The SMILES string of the molecule is Cc1cc2oc(=O)cc(Cn3c(-c4cccs4)noc3=O)c2cc1C(C)C. The lowest BCUT2D eigenvalue weighted by Gasteiger charge is -2.13. The molecule has 4 aromatic rings. The molecule has 0 N–H and O–H groups in total. The van der Waals surface area contributed by atoms with Crippen molar-refractivity contribution in [2.75, 3.05) is 0 Å². The van der Waals surface area contributed by atoms with Gasteiger partial charge in [-0.1, -0.05) is 25.1 Å². The van der Waals surface area contributed by atoms with E-state index in [0.717, 1.165) is 15.8 Å². The third kappa shape index (κ3) is 3.14. The summed E-state index contributed by atoms with van der Waals surface area (Å²) in [6, 6.07) is 9.10. The van der Waals surface area contributed by atoms with E-state index in [4.69, 9.17) is 8.94 Å². The molecule has 7 heteroatoms. The lowest BCUT2D eigenvalue weighted by Crippen LogP contribution is -2.17. The summed E-state index contributed by atoms with van der Waals surface area (Å²) >= 11 is 1.47. The lowest BCUT2D eigenvalue weighted by molar-refractivity contribution is 0.378. The Bertz CT molecular complexity index is 1230. The Balaban J connectivity index is 1.91. The molecule has 6 nitrogen and oxygen atoms in total. The van der Waals surface area contributed by atoms with Crippen LogP contribution in [0.25, 0.3) is 21.7 Å². The second-order valence-electron chi connectivity index (χ2n) is 6.79. The Labute approximate surface area is 158 Å². The van der Waals surface area contributed by atoms with Gasteiger partial charge in [-0.2, -0.15) is 0 Å². The van der Waals surface area contributed by atoms with Crippen molar-refractivity contribution in [1.82, 2.24) is 9.72 Å². The van der Waals surface area contributed by atoms with Gasteiger partial charge in [-0.3, -0.25) is 9.09 Å². The summed E-state index contributed by atoms with van der Waals surface area (Å²) in [6.45, 7) is 6.41. The summed E-state index contributed by atoms with van der Waals surface area (Å²) in [4.78, 5) is 25.1. The first-order valence-electron chi connectivity index (χ1n) is 8.61. The number of hydrogen-bond donors (Lipinski definition) is 0. The van der Waals surface area contributed by atoms with Crippen molar-refractivity contribution in [3.8, 4) is 10.7 Å². The van der Waals surface area contributed by atoms with E-state index in [9.17, 15) is 9.59 Å². The predicted octanol–water partition coefficient (Wildman–Crippen LogP) is 4.15. The number of fused-ring (bicyclic) bond motifs is 1. The number of aryl methyl sites for hydroxylation is 1. The van der Waals surface area contributed by atoms with Gasteiger partial charge in [-0.25, -0.2) is 9.59 Å². The van der Waals surface area contributed by atoms with Crippen molar-refractivity contribution < 1.29 is 8.94 Å². The maximum Gasteiger partial charge on any atom is 0.442 e. The molecule has 4 rings (SSSR count). The van der Waals surface area contributed by atoms with Gasteiger partial charge in [0.2, 0.25) is 0 Å². The molecule has 0 fully saturated rings. The van der Waals surface area contributed by atoms with Crippen molar-refractivity contribution in [3.05, 3.63) is 73.4 Å². The van der Waals surface area contributed by atoms with Crippen LogP contribution in [0.5, 0.6) is 0 Å². The van der Waals surface area contributed by atoms with Crippen LogP contribution in [0.4, 0.5) is 0 Å². The van der Waals surface area contributed by atoms with Gasteiger partial charge in [-0.15, -0.1) is 11.3 Å². The monoisotopic (exact) mass is 382 g/mol. The first-order valence-corrected chi connectivity index (χ1v) is 9.49. The molecule has 3 heterocycles. The Hall–Kier alpha value is -2.93. The average Bonchev–Trinajstić information content (AvgIpc) is 3.24. The van der Waals surface area contributed by atoms with E-state index in [0.29, 0.717) is 22.9 Å². The smallest absolute Gasteiger partial charge is 0.423 e. The molecule has 0 aliphatic rings. The summed E-state index contributed by atoms with van der Waals surface area (Å²) in [7, 11) is 0. The Kier molecular flexibility index (Phi) is 4.31. The van der Waals surface area contributed by atoms with Crippen molar-refractivity contribution in [3.63, 3.8) is 0 Å². The molecule has 0 atom stereocenters. The van der Waals surface area contributed by atoms with Crippen LogP contribution < -0.4 is 11.4 Å². The second kappa shape index (κ2) is 6.66. The van der Waals surface area contributed by atoms with Gasteiger partial charge in [0.05, 0.1) is 11.4 Å². The van der Waals surface area contributed by atoms with Crippen LogP contribution in [0.1, 0.15) is 36.5 Å². The molecule has 138 valence electrons. The summed E-state index contributed by atoms with van der Waals surface area (Å²) < 4.78 is 11.7. The third-order valence-corrected chi connectivity index (χ3v) is 5.46. The molecule has 0 saturated carbocycles. The largest absolute Gasteiger partial charge is 0.442 e. The lowest BCUT2D eigenvalue weighted by atomic mass is 9.95. The minimum atomic E-state index is -0.559. The Morgan fingerprint density at radius 2 is 2.04 bits per heavy atom. The Morgan fingerprint density at radius 1 is 1.22 bits per heavy atom. The molecule has 0 saturated heterocycles. The zero-order valence-electron chi connectivity index (χ0n) is 15.2. The summed E-state index contributed by atoms with van der Waals surface area (Å²) in [5, 5.41) is 6.62. The molecular weight excluding hydrogens is 364 g/mol. The first kappa shape index (κ1) is 17.5. The summed E-state index contributed by atoms with van der Waals surface area (Å²) in [6.07, 6.45) is 0. The van der Waals surface area contributed by atoms with Gasteiger partial charge in [0.25, 0.3) is 0 Å². The third-order valence-electron chi connectivity index (χ3n) is 4.60. The van der Waals surface area contributed by atoms with E-state index in [1.54, 1.807) is 0 Å². The van der Waals surface area contributed by atoms with Gasteiger partial charge >= 0.3 is 11.4 Å². The summed E-state index contributed by atoms with van der Waals surface area (Å²) in [5.41, 5.74) is 3.01. The molecule has 1 aromatic carbocycles. The molecule has 0 aliphatic heterocycles. The topological polar surface area (TPSA) is 78.2 Å². The van der Waals surface area contributed by atoms with Gasteiger partial charge < -0.3 is 4.42 Å². The van der Waals surface area contributed by atoms with E-state index in [-0.39, 0.29) is 6.54 Å². The molecular formula is C20H18N2O4S. The maximum absolute atomic E-state index is 12.2. The van der Waals surface area contributed by atoms with E-state index >= 15 is 0 Å². The minimum absolute atomic E-state index is 0.179. The fourth-order valence-corrected chi connectivity index (χ4v) is 4.02. The highest BCUT2D eigenvalue weighted by Crippen LogP contribution is 2.28. The number of benzene rings is 1. The molecule has 0 bridgehead atoms. The molecule has 0 spiro atoms. The average molecular weight is 382 g/mol. The van der Waals surface area contributed by atoms with Crippen LogP contribution in [0.3, 0.4) is 0 Å². The van der Waals surface area contributed by atoms with Gasteiger partial charge in [0, 0.05) is 11.5 Å². The number of thiophene rings is 1. The van der Waals surface area contributed by atoms with Crippen LogP contribution in [-0.2, 0) is 6.54 Å². The van der Waals surface area contributed by atoms with E-state index < -0.39 is 11.4 Å². The molecule has 0 unspecified atom stereocenters. The van der Waals surface area contributed by atoms with E-state index in [1.807, 2.05) is 36.6 Å². The van der Waals surface area contributed by atoms with Crippen molar-refractivity contribution in [1.29, 1.82) is 0 Å². The van der Waals surface area contributed by atoms with Crippen LogP contribution in [-0.4, -0.2) is 9.72 Å². The second-order valence-corrected chi connectivity index (χ2v) is 7.73. The summed E-state index contributed by atoms with van der Waals surface area (Å²) in [5.74, 6) is 0.220. The maximum atomic E-state index is 12.2. The predicted molar refractivity (Wildman–Crippen MR) is 104 cm³/mol. The zero-order chi connectivity index (χ0) is 19.1. The quantitative estimate of drug-likeness (QED) is 0.496. The van der Waals surface area contributed by atoms with Crippen LogP contribution in [0.2, 0.25) is 0 Å². The first-order chi connectivity index (χ1) is 12.9. The number of aromatic nitrogens is 2. The fraction of sp³-hybridized carbons (Fsp3) is 0.250. The Morgan fingerprint density at radius 3 is 2.74 bits per heavy atom. The zero-order valence-corrected chi connectivity index (χ0v) is 16.0. The molecule has 27 heavy (non-hydrogen) atoms. The molecule has 0 amide bonds. The van der Waals surface area contributed by atoms with Crippen molar-refractivity contribution in [2.24, 2.45) is 0 Å². The molecule has 0 radical (unpaired) electrons. The fourth-order valence-electron chi connectivity index (χ4n) is 3.31. The number of hydrogen-bond acceptors (Lipinski definition) is 6. The van der Waals surface area contributed by atoms with E-state index in [2.05, 4.69) is 19.0 Å². The number of nitrogens with zero attached hydrogens (tertiary/aromatic N) is 2. The van der Waals surface area contributed by atoms with Gasteiger partial charge in [0.1, 0.15) is 5.58 Å². The standard InChI is InChI=1S/C20H18N2O4S/c1-11(2)14-9-15-13(8-18(23)25-16(15)7-12(14)3)10-22-19(21-26-20(22)24)17-5-4-6-27-17/h4-9,11H,10H2,1-3H3. The molecule has 0 aliphatic carbocycles. The highest BCUT2D eigenvalue weighted by molar-refractivity contribution is 7.13. The number of rotatable bonds is 4. The van der Waals surface area contributed by atoms with Crippen LogP contribution >= 0.6 is 11.3 Å². The normalized spacial score (nSPS) is 11.6. The van der Waals surface area contributed by atoms with Gasteiger partial charge in [-0.05, 0) is 53.1 Å². The van der Waals surface area contributed by atoms with Crippen LogP contribution in [0, 0.1) is 6.92 Å². The minimum Gasteiger partial charge on any atom is -0.423 e.